The van der Waals surface area contributed by atoms with Crippen molar-refractivity contribution in [3.8, 4) is 5.75 Å². The molecule has 0 atom stereocenters. The fourth-order valence-corrected chi connectivity index (χ4v) is 2.98. The van der Waals surface area contributed by atoms with E-state index in [-0.39, 0.29) is 11.3 Å². The number of hydrogen-bond acceptors (Lipinski definition) is 6. The molecule has 0 unspecified atom stereocenters. The molecular weight excluding hydrogens is 362 g/mol. The van der Waals surface area contributed by atoms with E-state index >= 15 is 0 Å². The summed E-state index contributed by atoms with van der Waals surface area (Å²) in [6, 6.07) is 11.7. The minimum atomic E-state index is -0.458. The first-order chi connectivity index (χ1) is 13.6. The maximum absolute atomic E-state index is 12.7. The molecule has 8 nitrogen and oxygen atoms in total. The average Bonchev–Trinajstić information content (AvgIpc) is 2.73. The van der Waals surface area contributed by atoms with Gasteiger partial charge in [0, 0.05) is 24.7 Å². The van der Waals surface area contributed by atoms with Crippen LogP contribution in [-0.4, -0.2) is 43.7 Å². The second-order valence-corrected chi connectivity index (χ2v) is 6.36. The molecule has 1 fully saturated rings. The zero-order chi connectivity index (χ0) is 19.9. The number of para-hydroxylation sites is 2. The number of nitrogens with zero attached hydrogens (tertiary/aromatic N) is 2. The number of anilines is 2. The molecule has 1 amide bonds. The summed E-state index contributed by atoms with van der Waals surface area (Å²) in [5.74, 6) is 0.140. The molecule has 2 aromatic carbocycles. The summed E-state index contributed by atoms with van der Waals surface area (Å²) >= 11 is 0. The number of amides is 1. The van der Waals surface area contributed by atoms with E-state index in [0.717, 1.165) is 6.42 Å². The van der Waals surface area contributed by atoms with E-state index in [0.29, 0.717) is 50.0 Å². The average molecular weight is 385 g/mol. The van der Waals surface area contributed by atoms with Crippen LogP contribution in [0.4, 0.5) is 17.1 Å². The van der Waals surface area contributed by atoms with Crippen molar-refractivity contribution in [3.05, 3.63) is 58.1 Å². The molecule has 1 N–H and O–H groups in total. The predicted octanol–water partition coefficient (Wildman–Crippen LogP) is 3.47. The number of nitrogens with one attached hydrogen (secondary N) is 1. The maximum atomic E-state index is 12.7. The topological polar surface area (TPSA) is 93.9 Å². The number of rotatable bonds is 7. The fraction of sp³-hybridized carbons (Fsp3) is 0.350. The lowest BCUT2D eigenvalue weighted by Gasteiger charge is -2.28. The third kappa shape index (κ3) is 4.58. The molecule has 0 bridgehead atoms. The molecule has 1 aliphatic heterocycles. The lowest BCUT2D eigenvalue weighted by Crippen LogP contribution is -2.36. The van der Waals surface area contributed by atoms with Gasteiger partial charge in [-0.15, -0.1) is 0 Å². The van der Waals surface area contributed by atoms with Crippen molar-refractivity contribution >= 4 is 23.0 Å². The monoisotopic (exact) mass is 385 g/mol. The van der Waals surface area contributed by atoms with E-state index in [1.165, 1.54) is 6.07 Å². The Kier molecular flexibility index (Phi) is 6.44. The number of ether oxygens (including phenoxy) is 2. The van der Waals surface area contributed by atoms with Gasteiger partial charge in [-0.2, -0.15) is 0 Å². The molecule has 3 rings (SSSR count). The molecule has 0 radical (unpaired) electrons. The van der Waals surface area contributed by atoms with E-state index in [2.05, 4.69) is 5.32 Å². The Hall–Kier alpha value is -3.13. The summed E-state index contributed by atoms with van der Waals surface area (Å²) in [4.78, 5) is 25.7. The molecule has 0 aliphatic carbocycles. The fourth-order valence-electron chi connectivity index (χ4n) is 2.98. The van der Waals surface area contributed by atoms with Crippen LogP contribution >= 0.6 is 0 Å². The largest absolute Gasteiger partial charge is 0.491 e. The van der Waals surface area contributed by atoms with Gasteiger partial charge in [-0.05, 0) is 30.7 Å². The summed E-state index contributed by atoms with van der Waals surface area (Å²) in [5, 5.41) is 14.3. The Morgan fingerprint density at radius 2 is 2.00 bits per heavy atom. The highest BCUT2D eigenvalue weighted by Gasteiger charge is 2.23. The van der Waals surface area contributed by atoms with Gasteiger partial charge in [-0.1, -0.05) is 19.1 Å². The van der Waals surface area contributed by atoms with Gasteiger partial charge in [-0.25, -0.2) is 0 Å². The molecule has 148 valence electrons. The van der Waals surface area contributed by atoms with Crippen LogP contribution in [0.1, 0.15) is 23.7 Å². The quantitative estimate of drug-likeness (QED) is 0.579. The van der Waals surface area contributed by atoms with Crippen LogP contribution < -0.4 is 15.0 Å². The minimum Gasteiger partial charge on any atom is -0.491 e. The molecule has 0 spiro atoms. The number of benzene rings is 2. The molecule has 1 aliphatic rings. The van der Waals surface area contributed by atoms with Crippen molar-refractivity contribution in [1.29, 1.82) is 0 Å². The lowest BCUT2D eigenvalue weighted by atomic mass is 10.1. The van der Waals surface area contributed by atoms with E-state index < -0.39 is 10.8 Å². The van der Waals surface area contributed by atoms with Gasteiger partial charge in [-0.3, -0.25) is 14.9 Å². The first kappa shape index (κ1) is 19.6. The summed E-state index contributed by atoms with van der Waals surface area (Å²) in [6.07, 6.45) is 0.845. The van der Waals surface area contributed by atoms with Crippen LogP contribution in [0.3, 0.4) is 0 Å². The van der Waals surface area contributed by atoms with Gasteiger partial charge in [0.25, 0.3) is 11.6 Å². The van der Waals surface area contributed by atoms with Crippen LogP contribution in [0, 0.1) is 10.1 Å². The first-order valence-corrected chi connectivity index (χ1v) is 9.24. The molecule has 0 aromatic heterocycles. The number of carbonyl (C=O) groups excluding carboxylic acids is 1. The number of hydrogen-bond donors (Lipinski definition) is 1. The molecule has 0 saturated carbocycles. The second-order valence-electron chi connectivity index (χ2n) is 6.36. The SMILES string of the molecule is CCCOc1ccccc1NC(=O)c1ccc(N2CCOCC2)c([N+](=O)[O-])c1. The van der Waals surface area contributed by atoms with Crippen LogP contribution in [0.25, 0.3) is 0 Å². The lowest BCUT2D eigenvalue weighted by molar-refractivity contribution is -0.384. The number of nitro groups is 1. The maximum Gasteiger partial charge on any atom is 0.293 e. The molecule has 28 heavy (non-hydrogen) atoms. The number of nitro benzene ring substituents is 1. The predicted molar refractivity (Wildman–Crippen MR) is 106 cm³/mol. The Balaban J connectivity index is 1.82. The van der Waals surface area contributed by atoms with Crippen molar-refractivity contribution in [2.45, 2.75) is 13.3 Å². The van der Waals surface area contributed by atoms with Crippen molar-refractivity contribution in [2.24, 2.45) is 0 Å². The molecule has 2 aromatic rings. The molecule has 1 saturated heterocycles. The molecule has 1 heterocycles. The zero-order valence-corrected chi connectivity index (χ0v) is 15.7. The van der Waals surface area contributed by atoms with Crippen LogP contribution in [0.5, 0.6) is 5.75 Å². The second kappa shape index (κ2) is 9.18. The smallest absolute Gasteiger partial charge is 0.293 e. The zero-order valence-electron chi connectivity index (χ0n) is 15.7. The highest BCUT2D eigenvalue weighted by molar-refractivity contribution is 6.05. The Labute approximate surface area is 163 Å². The van der Waals surface area contributed by atoms with Crippen LogP contribution in [0.15, 0.2) is 42.5 Å². The van der Waals surface area contributed by atoms with E-state index in [1.807, 2.05) is 17.9 Å². The Morgan fingerprint density at radius 1 is 1.25 bits per heavy atom. The highest BCUT2D eigenvalue weighted by Crippen LogP contribution is 2.31. The minimum absolute atomic E-state index is 0.0925. The van der Waals surface area contributed by atoms with Gasteiger partial charge in [0.2, 0.25) is 0 Å². The van der Waals surface area contributed by atoms with Crippen molar-refractivity contribution in [3.63, 3.8) is 0 Å². The number of morpholine rings is 1. The van der Waals surface area contributed by atoms with Gasteiger partial charge in [0.1, 0.15) is 11.4 Å². The summed E-state index contributed by atoms with van der Waals surface area (Å²) < 4.78 is 10.9. The summed E-state index contributed by atoms with van der Waals surface area (Å²) in [7, 11) is 0. The first-order valence-electron chi connectivity index (χ1n) is 9.24. The summed E-state index contributed by atoms with van der Waals surface area (Å²) in [5.41, 5.74) is 1.15. The highest BCUT2D eigenvalue weighted by atomic mass is 16.6. The third-order valence-corrected chi connectivity index (χ3v) is 4.38. The van der Waals surface area contributed by atoms with Gasteiger partial charge in [0.15, 0.2) is 0 Å². The van der Waals surface area contributed by atoms with Crippen molar-refractivity contribution in [1.82, 2.24) is 0 Å². The van der Waals surface area contributed by atoms with Crippen molar-refractivity contribution < 1.29 is 19.2 Å². The molecule has 8 heteroatoms. The number of carbonyl (C=O) groups is 1. The van der Waals surface area contributed by atoms with Crippen LogP contribution in [-0.2, 0) is 4.74 Å². The Morgan fingerprint density at radius 3 is 2.71 bits per heavy atom. The standard InChI is InChI=1S/C20H23N3O5/c1-2-11-28-19-6-4-3-5-16(19)21-20(24)15-7-8-17(18(14-15)23(25)26)22-9-12-27-13-10-22/h3-8,14H,2,9-13H2,1H3,(H,21,24). The van der Waals surface area contributed by atoms with Gasteiger partial charge >= 0.3 is 0 Å². The molecular formula is C20H23N3O5. The van der Waals surface area contributed by atoms with E-state index in [9.17, 15) is 14.9 Å². The van der Waals surface area contributed by atoms with E-state index in [1.54, 1.807) is 30.3 Å². The Bertz CT molecular complexity index is 849. The van der Waals surface area contributed by atoms with Crippen molar-refractivity contribution in [2.75, 3.05) is 43.1 Å². The van der Waals surface area contributed by atoms with E-state index in [4.69, 9.17) is 9.47 Å². The third-order valence-electron chi connectivity index (χ3n) is 4.38. The van der Waals surface area contributed by atoms with Gasteiger partial charge in [0.05, 0.1) is 30.4 Å². The van der Waals surface area contributed by atoms with Gasteiger partial charge < -0.3 is 19.7 Å². The van der Waals surface area contributed by atoms with Crippen LogP contribution in [0.2, 0.25) is 0 Å². The normalized spacial score (nSPS) is 13.8. The summed E-state index contributed by atoms with van der Waals surface area (Å²) in [6.45, 7) is 4.73.